The molecule has 0 saturated carbocycles. The van der Waals surface area contributed by atoms with Gasteiger partial charge in [0.1, 0.15) is 5.75 Å². The largest absolute Gasteiger partial charge is 0.497 e. The highest BCUT2D eigenvalue weighted by molar-refractivity contribution is 5.30. The van der Waals surface area contributed by atoms with E-state index >= 15 is 0 Å². The molecular formula is C16H23N3O. The van der Waals surface area contributed by atoms with E-state index in [1.54, 1.807) is 7.11 Å². The number of ether oxygens (including phenoxy) is 1. The second-order valence-electron chi connectivity index (χ2n) is 5.02. The van der Waals surface area contributed by atoms with Crippen molar-refractivity contribution in [2.75, 3.05) is 13.7 Å². The van der Waals surface area contributed by atoms with E-state index in [0.717, 1.165) is 25.3 Å². The number of hydrogen-bond acceptors (Lipinski definition) is 3. The molecule has 20 heavy (non-hydrogen) atoms. The average Bonchev–Trinajstić information content (AvgIpc) is 2.88. The topological polar surface area (TPSA) is 39.1 Å². The van der Waals surface area contributed by atoms with Gasteiger partial charge >= 0.3 is 0 Å². The standard InChI is InChI=1S/C16H23N3O/c1-4-8-17-16(12-19-11-13(2)10-18-19)14-6-5-7-15(9-14)20-3/h5-7,9-11,16-17H,4,8,12H2,1-3H3. The number of rotatable bonds is 7. The molecule has 1 unspecified atom stereocenters. The fourth-order valence-corrected chi connectivity index (χ4v) is 2.22. The number of methoxy groups -OCH3 is 1. The molecule has 2 rings (SSSR count). The van der Waals surface area contributed by atoms with Gasteiger partial charge in [-0.3, -0.25) is 4.68 Å². The van der Waals surface area contributed by atoms with Gasteiger partial charge in [-0.05, 0) is 43.1 Å². The van der Waals surface area contributed by atoms with Gasteiger partial charge in [0.15, 0.2) is 0 Å². The summed E-state index contributed by atoms with van der Waals surface area (Å²) in [7, 11) is 1.70. The third-order valence-electron chi connectivity index (χ3n) is 3.27. The first-order valence-electron chi connectivity index (χ1n) is 7.09. The van der Waals surface area contributed by atoms with Crippen LogP contribution in [0.5, 0.6) is 5.75 Å². The number of hydrogen-bond donors (Lipinski definition) is 1. The van der Waals surface area contributed by atoms with Gasteiger partial charge in [0.2, 0.25) is 0 Å². The Bertz CT molecular complexity index is 536. The zero-order chi connectivity index (χ0) is 14.4. The molecule has 0 amide bonds. The molecule has 1 heterocycles. The normalized spacial score (nSPS) is 12.3. The molecule has 0 saturated heterocycles. The van der Waals surface area contributed by atoms with Gasteiger partial charge in [-0.15, -0.1) is 0 Å². The molecule has 4 nitrogen and oxygen atoms in total. The van der Waals surface area contributed by atoms with E-state index in [2.05, 4.69) is 42.6 Å². The highest BCUT2D eigenvalue weighted by Gasteiger charge is 2.12. The highest BCUT2D eigenvalue weighted by atomic mass is 16.5. The molecule has 0 aliphatic carbocycles. The van der Waals surface area contributed by atoms with E-state index < -0.39 is 0 Å². The molecule has 0 fully saturated rings. The molecule has 2 aromatic rings. The van der Waals surface area contributed by atoms with Crippen LogP contribution in [0.2, 0.25) is 0 Å². The maximum absolute atomic E-state index is 5.31. The number of aryl methyl sites for hydroxylation is 1. The van der Waals surface area contributed by atoms with Crippen LogP contribution in [0.4, 0.5) is 0 Å². The fourth-order valence-electron chi connectivity index (χ4n) is 2.22. The van der Waals surface area contributed by atoms with E-state index in [0.29, 0.717) is 0 Å². The van der Waals surface area contributed by atoms with Crippen molar-refractivity contribution in [1.29, 1.82) is 0 Å². The van der Waals surface area contributed by atoms with Crippen molar-refractivity contribution in [2.24, 2.45) is 0 Å². The van der Waals surface area contributed by atoms with Crippen molar-refractivity contribution < 1.29 is 4.74 Å². The maximum atomic E-state index is 5.31. The molecule has 0 bridgehead atoms. The van der Waals surface area contributed by atoms with Crippen LogP contribution in [0, 0.1) is 6.92 Å². The minimum atomic E-state index is 0.240. The van der Waals surface area contributed by atoms with E-state index in [4.69, 9.17) is 4.74 Å². The van der Waals surface area contributed by atoms with Crippen LogP contribution in [-0.4, -0.2) is 23.4 Å². The maximum Gasteiger partial charge on any atom is 0.119 e. The van der Waals surface area contributed by atoms with Gasteiger partial charge in [-0.2, -0.15) is 5.10 Å². The molecule has 1 N–H and O–H groups in total. The summed E-state index contributed by atoms with van der Waals surface area (Å²) in [5, 5.41) is 7.96. The van der Waals surface area contributed by atoms with Gasteiger partial charge in [-0.25, -0.2) is 0 Å². The average molecular weight is 273 g/mol. The van der Waals surface area contributed by atoms with Crippen LogP contribution in [0.25, 0.3) is 0 Å². The Morgan fingerprint density at radius 3 is 2.90 bits per heavy atom. The van der Waals surface area contributed by atoms with Crippen LogP contribution in [0.1, 0.15) is 30.5 Å². The lowest BCUT2D eigenvalue weighted by Gasteiger charge is -2.19. The van der Waals surface area contributed by atoms with Crippen LogP contribution in [0.15, 0.2) is 36.7 Å². The van der Waals surface area contributed by atoms with Crippen molar-refractivity contribution in [3.63, 3.8) is 0 Å². The highest BCUT2D eigenvalue weighted by Crippen LogP contribution is 2.20. The summed E-state index contributed by atoms with van der Waals surface area (Å²) in [6.07, 6.45) is 5.07. The van der Waals surface area contributed by atoms with Gasteiger partial charge in [0, 0.05) is 6.20 Å². The molecule has 0 aliphatic rings. The first kappa shape index (κ1) is 14.6. The van der Waals surface area contributed by atoms with Crippen LogP contribution in [0.3, 0.4) is 0 Å². The Morgan fingerprint density at radius 2 is 2.25 bits per heavy atom. The summed E-state index contributed by atoms with van der Waals surface area (Å²) < 4.78 is 7.30. The first-order chi connectivity index (χ1) is 9.72. The summed E-state index contributed by atoms with van der Waals surface area (Å²) in [6.45, 7) is 6.04. The molecule has 1 aromatic heterocycles. The summed E-state index contributed by atoms with van der Waals surface area (Å²) in [4.78, 5) is 0. The third-order valence-corrected chi connectivity index (χ3v) is 3.27. The second-order valence-corrected chi connectivity index (χ2v) is 5.02. The van der Waals surface area contributed by atoms with Gasteiger partial charge < -0.3 is 10.1 Å². The lowest BCUT2D eigenvalue weighted by molar-refractivity contribution is 0.408. The Kier molecular flexibility index (Phi) is 5.18. The Labute approximate surface area is 120 Å². The third kappa shape index (κ3) is 3.84. The minimum Gasteiger partial charge on any atom is -0.497 e. The van der Waals surface area contributed by atoms with Gasteiger partial charge in [0.05, 0.1) is 25.9 Å². The van der Waals surface area contributed by atoms with Gasteiger partial charge in [-0.1, -0.05) is 19.1 Å². The number of aromatic nitrogens is 2. The Balaban J connectivity index is 2.17. The number of nitrogens with zero attached hydrogens (tertiary/aromatic N) is 2. The quantitative estimate of drug-likeness (QED) is 0.843. The smallest absolute Gasteiger partial charge is 0.119 e. The molecule has 1 atom stereocenters. The zero-order valence-corrected chi connectivity index (χ0v) is 12.5. The van der Waals surface area contributed by atoms with Crippen molar-refractivity contribution in [1.82, 2.24) is 15.1 Å². The van der Waals surface area contributed by atoms with Gasteiger partial charge in [0.25, 0.3) is 0 Å². The molecule has 0 spiro atoms. The van der Waals surface area contributed by atoms with Crippen LogP contribution < -0.4 is 10.1 Å². The van der Waals surface area contributed by atoms with Crippen LogP contribution in [-0.2, 0) is 6.54 Å². The molecule has 108 valence electrons. The molecule has 0 radical (unpaired) electrons. The van der Waals surface area contributed by atoms with Crippen molar-refractivity contribution in [3.05, 3.63) is 47.8 Å². The van der Waals surface area contributed by atoms with Crippen molar-refractivity contribution in [2.45, 2.75) is 32.9 Å². The van der Waals surface area contributed by atoms with E-state index in [1.165, 1.54) is 11.1 Å². The molecule has 0 aliphatic heterocycles. The second kappa shape index (κ2) is 7.10. The number of nitrogens with one attached hydrogen (secondary N) is 1. The molecular weight excluding hydrogens is 250 g/mol. The lowest BCUT2D eigenvalue weighted by atomic mass is 10.1. The monoisotopic (exact) mass is 273 g/mol. The van der Waals surface area contributed by atoms with E-state index in [1.807, 2.05) is 23.0 Å². The minimum absolute atomic E-state index is 0.240. The fraction of sp³-hybridized carbons (Fsp3) is 0.438. The zero-order valence-electron chi connectivity index (χ0n) is 12.5. The summed E-state index contributed by atoms with van der Waals surface area (Å²) >= 11 is 0. The summed E-state index contributed by atoms with van der Waals surface area (Å²) in [5.41, 5.74) is 2.41. The Morgan fingerprint density at radius 1 is 1.40 bits per heavy atom. The van der Waals surface area contributed by atoms with E-state index in [9.17, 15) is 0 Å². The van der Waals surface area contributed by atoms with Crippen molar-refractivity contribution >= 4 is 0 Å². The summed E-state index contributed by atoms with van der Waals surface area (Å²) in [5.74, 6) is 0.891. The first-order valence-corrected chi connectivity index (χ1v) is 7.09. The SMILES string of the molecule is CCCNC(Cn1cc(C)cn1)c1cccc(OC)c1. The number of benzene rings is 1. The Hall–Kier alpha value is -1.81. The van der Waals surface area contributed by atoms with Crippen molar-refractivity contribution in [3.8, 4) is 5.75 Å². The van der Waals surface area contributed by atoms with Crippen LogP contribution >= 0.6 is 0 Å². The summed E-state index contributed by atoms with van der Waals surface area (Å²) in [6, 6.07) is 8.46. The predicted octanol–water partition coefficient (Wildman–Crippen LogP) is 2.94. The lowest BCUT2D eigenvalue weighted by Crippen LogP contribution is -2.26. The van der Waals surface area contributed by atoms with E-state index in [-0.39, 0.29) is 6.04 Å². The molecule has 1 aromatic carbocycles. The predicted molar refractivity (Wildman–Crippen MR) is 81.0 cm³/mol. The molecule has 4 heteroatoms.